The lowest BCUT2D eigenvalue weighted by molar-refractivity contribution is 0.0949. The summed E-state index contributed by atoms with van der Waals surface area (Å²) >= 11 is 3.33. The fourth-order valence-electron chi connectivity index (χ4n) is 1.95. The minimum absolute atomic E-state index is 0.178. The van der Waals surface area contributed by atoms with Gasteiger partial charge in [-0.05, 0) is 36.4 Å². The van der Waals surface area contributed by atoms with E-state index < -0.39 is 0 Å². The van der Waals surface area contributed by atoms with Gasteiger partial charge in [0.25, 0.3) is 11.8 Å². The highest BCUT2D eigenvalue weighted by Crippen LogP contribution is 2.12. The van der Waals surface area contributed by atoms with E-state index in [-0.39, 0.29) is 19.1 Å². The van der Waals surface area contributed by atoms with Gasteiger partial charge in [-0.25, -0.2) is 0 Å². The van der Waals surface area contributed by atoms with E-state index in [1.54, 1.807) is 12.1 Å². The molecule has 0 spiro atoms. The van der Waals surface area contributed by atoms with E-state index in [2.05, 4.69) is 31.4 Å². The Bertz CT molecular complexity index is 803. The standard InChI is InChI=1S/C17H14BrN3O3/c18-13-8-6-12(7-9-13)17(22)19-10-15-20-16(24-21-15)11-23-14-4-2-1-3-5-14/h1-9H,10-11H2,(H,19,22). The summed E-state index contributed by atoms with van der Waals surface area (Å²) in [6.07, 6.45) is 0. The molecule has 1 heterocycles. The molecule has 0 aliphatic heterocycles. The molecule has 0 radical (unpaired) electrons. The molecule has 0 saturated carbocycles. The summed E-state index contributed by atoms with van der Waals surface area (Å²) in [5.41, 5.74) is 0.564. The number of hydrogen-bond acceptors (Lipinski definition) is 5. The van der Waals surface area contributed by atoms with Gasteiger partial charge in [-0.2, -0.15) is 4.98 Å². The molecule has 7 heteroatoms. The van der Waals surface area contributed by atoms with Crippen molar-refractivity contribution in [2.45, 2.75) is 13.2 Å². The van der Waals surface area contributed by atoms with Crippen LogP contribution in [0, 0.1) is 0 Å². The molecule has 0 saturated heterocycles. The van der Waals surface area contributed by atoms with Crippen molar-refractivity contribution < 1.29 is 14.1 Å². The number of nitrogens with zero attached hydrogens (tertiary/aromatic N) is 2. The molecule has 0 unspecified atom stereocenters. The number of amides is 1. The van der Waals surface area contributed by atoms with E-state index in [4.69, 9.17) is 9.26 Å². The van der Waals surface area contributed by atoms with E-state index in [0.29, 0.717) is 17.3 Å². The van der Waals surface area contributed by atoms with Crippen molar-refractivity contribution in [3.8, 4) is 5.75 Å². The molecule has 24 heavy (non-hydrogen) atoms. The Morgan fingerprint density at radius 3 is 2.62 bits per heavy atom. The van der Waals surface area contributed by atoms with E-state index in [1.165, 1.54) is 0 Å². The topological polar surface area (TPSA) is 77.2 Å². The molecule has 3 aromatic rings. The molecule has 3 rings (SSSR count). The minimum Gasteiger partial charge on any atom is -0.484 e. The van der Waals surface area contributed by atoms with Crippen molar-refractivity contribution in [2.75, 3.05) is 0 Å². The van der Waals surface area contributed by atoms with E-state index in [9.17, 15) is 4.79 Å². The van der Waals surface area contributed by atoms with Crippen molar-refractivity contribution in [1.82, 2.24) is 15.5 Å². The molecule has 0 aliphatic carbocycles. The maximum atomic E-state index is 12.0. The zero-order chi connectivity index (χ0) is 16.8. The maximum Gasteiger partial charge on any atom is 0.264 e. The highest BCUT2D eigenvalue weighted by atomic mass is 79.9. The number of carbonyl (C=O) groups is 1. The maximum absolute atomic E-state index is 12.0. The molecule has 0 atom stereocenters. The van der Waals surface area contributed by atoms with Crippen LogP contribution in [0.1, 0.15) is 22.1 Å². The fourth-order valence-corrected chi connectivity index (χ4v) is 2.21. The van der Waals surface area contributed by atoms with Crippen LogP contribution in [0.25, 0.3) is 0 Å². The number of para-hydroxylation sites is 1. The lowest BCUT2D eigenvalue weighted by Crippen LogP contribution is -2.23. The van der Waals surface area contributed by atoms with E-state index >= 15 is 0 Å². The van der Waals surface area contributed by atoms with Gasteiger partial charge in [-0.15, -0.1) is 0 Å². The third-order valence-corrected chi connectivity index (χ3v) is 3.66. The third-order valence-electron chi connectivity index (χ3n) is 3.13. The molecule has 6 nitrogen and oxygen atoms in total. The Kier molecular flexibility index (Phi) is 5.22. The molecule has 0 fully saturated rings. The Balaban J connectivity index is 1.50. The molecule has 1 N–H and O–H groups in total. The SMILES string of the molecule is O=C(NCc1noc(COc2ccccc2)n1)c1ccc(Br)cc1. The van der Waals surface area contributed by atoms with Gasteiger partial charge >= 0.3 is 0 Å². The van der Waals surface area contributed by atoms with Crippen molar-refractivity contribution in [3.05, 3.63) is 76.3 Å². The molecule has 1 amide bonds. The third kappa shape index (κ3) is 4.42. The van der Waals surface area contributed by atoms with E-state index in [0.717, 1.165) is 10.2 Å². The van der Waals surface area contributed by atoms with Gasteiger partial charge in [-0.3, -0.25) is 4.79 Å². The number of carbonyl (C=O) groups excluding carboxylic acids is 1. The number of ether oxygens (including phenoxy) is 1. The van der Waals surface area contributed by atoms with Crippen LogP contribution in [0.2, 0.25) is 0 Å². The summed E-state index contributed by atoms with van der Waals surface area (Å²) in [6, 6.07) is 16.4. The number of benzene rings is 2. The van der Waals surface area contributed by atoms with Gasteiger partial charge in [0.2, 0.25) is 0 Å². The van der Waals surface area contributed by atoms with Crippen LogP contribution in [0.15, 0.2) is 63.6 Å². The van der Waals surface area contributed by atoms with Crippen LogP contribution in [-0.4, -0.2) is 16.0 Å². The summed E-state index contributed by atoms with van der Waals surface area (Å²) in [5, 5.41) is 6.56. The average Bonchev–Trinajstić information content (AvgIpc) is 3.07. The minimum atomic E-state index is -0.200. The van der Waals surface area contributed by atoms with Crippen molar-refractivity contribution in [3.63, 3.8) is 0 Å². The van der Waals surface area contributed by atoms with Gasteiger partial charge in [0.1, 0.15) is 5.75 Å². The smallest absolute Gasteiger partial charge is 0.264 e. The Labute approximate surface area is 147 Å². The predicted octanol–water partition coefficient (Wildman–Crippen LogP) is 3.34. The molecule has 0 aliphatic rings. The first-order valence-electron chi connectivity index (χ1n) is 7.24. The molecule has 1 aromatic heterocycles. The lowest BCUT2D eigenvalue weighted by atomic mass is 10.2. The van der Waals surface area contributed by atoms with Crippen LogP contribution >= 0.6 is 15.9 Å². The number of rotatable bonds is 6. The normalized spacial score (nSPS) is 10.4. The zero-order valence-corrected chi connectivity index (χ0v) is 14.2. The Morgan fingerprint density at radius 1 is 1.12 bits per heavy atom. The summed E-state index contributed by atoms with van der Waals surface area (Å²) in [7, 11) is 0. The molecule has 122 valence electrons. The summed E-state index contributed by atoms with van der Waals surface area (Å²) in [5.74, 6) is 1.27. The first-order chi connectivity index (χ1) is 11.7. The van der Waals surface area contributed by atoms with Gasteiger partial charge in [0, 0.05) is 10.0 Å². The molecular formula is C17H14BrN3O3. The zero-order valence-electron chi connectivity index (χ0n) is 12.6. The highest BCUT2D eigenvalue weighted by molar-refractivity contribution is 9.10. The Hall–Kier alpha value is -2.67. The molecular weight excluding hydrogens is 374 g/mol. The van der Waals surface area contributed by atoms with E-state index in [1.807, 2.05) is 42.5 Å². The van der Waals surface area contributed by atoms with Crippen molar-refractivity contribution in [1.29, 1.82) is 0 Å². The number of halogens is 1. The molecule has 0 bridgehead atoms. The van der Waals surface area contributed by atoms with Gasteiger partial charge in [0.05, 0.1) is 6.54 Å². The first-order valence-corrected chi connectivity index (χ1v) is 8.03. The average molecular weight is 388 g/mol. The monoisotopic (exact) mass is 387 g/mol. The number of hydrogen-bond donors (Lipinski definition) is 1. The van der Waals surface area contributed by atoms with Crippen LogP contribution in [0.5, 0.6) is 5.75 Å². The van der Waals surface area contributed by atoms with Crippen LogP contribution in [0.3, 0.4) is 0 Å². The van der Waals surface area contributed by atoms with Gasteiger partial charge in [0.15, 0.2) is 12.4 Å². The van der Waals surface area contributed by atoms with Crippen LogP contribution in [-0.2, 0) is 13.2 Å². The summed E-state index contributed by atoms with van der Waals surface area (Å²) < 4.78 is 11.5. The Morgan fingerprint density at radius 2 is 1.88 bits per heavy atom. The van der Waals surface area contributed by atoms with Gasteiger partial charge in [-0.1, -0.05) is 39.3 Å². The quantitative estimate of drug-likeness (QED) is 0.701. The first kappa shape index (κ1) is 16.2. The summed E-state index contributed by atoms with van der Waals surface area (Å²) in [6.45, 7) is 0.363. The van der Waals surface area contributed by atoms with Gasteiger partial charge < -0.3 is 14.6 Å². The largest absolute Gasteiger partial charge is 0.484 e. The van der Waals surface area contributed by atoms with Crippen LogP contribution < -0.4 is 10.1 Å². The fraction of sp³-hybridized carbons (Fsp3) is 0.118. The lowest BCUT2D eigenvalue weighted by Gasteiger charge is -2.02. The van der Waals surface area contributed by atoms with Crippen LogP contribution in [0.4, 0.5) is 0 Å². The summed E-state index contributed by atoms with van der Waals surface area (Å²) in [4.78, 5) is 16.2. The second-order valence-corrected chi connectivity index (χ2v) is 5.81. The molecule has 2 aromatic carbocycles. The number of nitrogens with one attached hydrogen (secondary N) is 1. The highest BCUT2D eigenvalue weighted by Gasteiger charge is 2.10. The second kappa shape index (κ2) is 7.74. The predicted molar refractivity (Wildman–Crippen MR) is 90.4 cm³/mol. The second-order valence-electron chi connectivity index (χ2n) is 4.90. The van der Waals surface area contributed by atoms with Crippen molar-refractivity contribution >= 4 is 21.8 Å². The van der Waals surface area contributed by atoms with Crippen molar-refractivity contribution in [2.24, 2.45) is 0 Å². The number of aromatic nitrogens is 2.